The number of aromatic nitrogens is 2. The molecule has 3 aliphatic rings. The Bertz CT molecular complexity index is 859. The maximum Gasteiger partial charge on any atom is 0.229 e. The molecule has 1 aliphatic carbocycles. The predicted octanol–water partition coefficient (Wildman–Crippen LogP) is 3.98. The number of fused-ring (bicyclic) bond motifs is 1. The van der Waals surface area contributed by atoms with Crippen LogP contribution in [-0.4, -0.2) is 40.8 Å². The highest BCUT2D eigenvalue weighted by molar-refractivity contribution is 5.61. The van der Waals surface area contributed by atoms with Crippen LogP contribution in [0, 0.1) is 5.92 Å². The zero-order valence-corrected chi connectivity index (χ0v) is 18.3. The van der Waals surface area contributed by atoms with Gasteiger partial charge in [-0.25, -0.2) is 10.4 Å². The minimum absolute atomic E-state index is 0.317. The molecule has 3 heterocycles. The van der Waals surface area contributed by atoms with Crippen LogP contribution < -0.4 is 20.7 Å². The van der Waals surface area contributed by atoms with Crippen molar-refractivity contribution in [3.63, 3.8) is 0 Å². The number of hydrazine groups is 1. The minimum atomic E-state index is 0.317. The lowest BCUT2D eigenvalue weighted by atomic mass is 9.92. The summed E-state index contributed by atoms with van der Waals surface area (Å²) >= 11 is 0. The van der Waals surface area contributed by atoms with Crippen LogP contribution in [0.3, 0.4) is 0 Å². The van der Waals surface area contributed by atoms with Crippen molar-refractivity contribution < 1.29 is 5.11 Å². The molecule has 0 radical (unpaired) electrons. The van der Waals surface area contributed by atoms with E-state index in [0.29, 0.717) is 18.6 Å². The Morgan fingerprint density at radius 3 is 2.58 bits per heavy atom. The van der Waals surface area contributed by atoms with Crippen molar-refractivity contribution in [3.8, 4) is 0 Å². The number of nitrogens with one attached hydrogen (secondary N) is 2. The molecule has 31 heavy (non-hydrogen) atoms. The number of hydrogen-bond donors (Lipinski definition) is 3. The van der Waals surface area contributed by atoms with Crippen LogP contribution in [0.25, 0.3) is 0 Å². The highest BCUT2D eigenvalue weighted by Gasteiger charge is 2.30. The van der Waals surface area contributed by atoms with E-state index in [1.165, 1.54) is 49.8 Å². The van der Waals surface area contributed by atoms with E-state index in [2.05, 4.69) is 49.9 Å². The summed E-state index contributed by atoms with van der Waals surface area (Å²) in [4.78, 5) is 11.8. The van der Waals surface area contributed by atoms with Gasteiger partial charge in [-0.2, -0.15) is 4.98 Å². The van der Waals surface area contributed by atoms with E-state index in [-0.39, 0.29) is 0 Å². The highest BCUT2D eigenvalue weighted by atomic mass is 16.2. The summed E-state index contributed by atoms with van der Waals surface area (Å²) in [7, 11) is 0. The van der Waals surface area contributed by atoms with Gasteiger partial charge in [0.15, 0.2) is 5.82 Å². The van der Waals surface area contributed by atoms with E-state index < -0.39 is 0 Å². The predicted molar refractivity (Wildman–Crippen MR) is 125 cm³/mol. The maximum atomic E-state index is 9.04. The molecule has 1 aromatic carbocycles. The average Bonchev–Trinajstić information content (AvgIpc) is 3.48. The Hall–Kier alpha value is -2.38. The van der Waals surface area contributed by atoms with Crippen molar-refractivity contribution >= 4 is 23.1 Å². The molecule has 2 aliphatic heterocycles. The van der Waals surface area contributed by atoms with Crippen molar-refractivity contribution in [1.82, 2.24) is 15.4 Å². The van der Waals surface area contributed by atoms with E-state index in [4.69, 9.17) is 10.1 Å². The Balaban J connectivity index is 1.20. The van der Waals surface area contributed by atoms with Crippen LogP contribution in [0.2, 0.25) is 0 Å². The van der Waals surface area contributed by atoms with E-state index >= 15 is 0 Å². The molecule has 0 spiro atoms. The molecule has 3 N–H and O–H groups in total. The molecule has 7 heteroatoms. The van der Waals surface area contributed by atoms with Crippen LogP contribution in [0.5, 0.6) is 0 Å². The van der Waals surface area contributed by atoms with Crippen molar-refractivity contribution in [2.75, 3.05) is 34.9 Å². The molecule has 0 unspecified atom stereocenters. The first-order chi connectivity index (χ1) is 15.3. The van der Waals surface area contributed by atoms with Gasteiger partial charge in [-0.3, -0.25) is 5.01 Å². The molecule has 0 bridgehead atoms. The largest absolute Gasteiger partial charge is 0.396 e. The smallest absolute Gasteiger partial charge is 0.229 e. The molecule has 1 saturated heterocycles. The van der Waals surface area contributed by atoms with Gasteiger partial charge in [0.05, 0.1) is 0 Å². The van der Waals surface area contributed by atoms with Crippen LogP contribution in [0.15, 0.2) is 30.5 Å². The third-order valence-corrected chi connectivity index (χ3v) is 7.07. The van der Waals surface area contributed by atoms with Crippen LogP contribution in [-0.2, 0) is 6.54 Å². The molecule has 1 aromatic heterocycles. The molecular weight excluding hydrogens is 388 g/mol. The lowest BCUT2D eigenvalue weighted by Crippen LogP contribution is -2.40. The van der Waals surface area contributed by atoms with E-state index in [1.54, 1.807) is 0 Å². The van der Waals surface area contributed by atoms with E-state index in [9.17, 15) is 0 Å². The molecule has 7 nitrogen and oxygen atoms in total. The molecule has 0 amide bonds. The van der Waals surface area contributed by atoms with Crippen molar-refractivity contribution in [2.45, 2.75) is 64.0 Å². The minimum Gasteiger partial charge on any atom is -0.396 e. The quantitative estimate of drug-likeness (QED) is 0.623. The van der Waals surface area contributed by atoms with Crippen LogP contribution in [0.1, 0.15) is 56.9 Å². The lowest BCUT2D eigenvalue weighted by molar-refractivity contribution is 0.261. The lowest BCUT2D eigenvalue weighted by Gasteiger charge is -2.33. The molecule has 0 atom stereocenters. The fraction of sp³-hybridized carbons (Fsp3) is 0.583. The Morgan fingerprint density at radius 2 is 1.84 bits per heavy atom. The summed E-state index contributed by atoms with van der Waals surface area (Å²) in [5.74, 6) is 2.45. The zero-order chi connectivity index (χ0) is 21.0. The van der Waals surface area contributed by atoms with Crippen molar-refractivity contribution in [3.05, 3.63) is 36.0 Å². The Labute approximate surface area is 184 Å². The third-order valence-electron chi connectivity index (χ3n) is 7.07. The van der Waals surface area contributed by atoms with E-state index in [0.717, 1.165) is 49.9 Å². The monoisotopic (exact) mass is 422 g/mol. The number of piperidine rings is 1. The number of rotatable bonds is 7. The Morgan fingerprint density at radius 1 is 1.06 bits per heavy atom. The van der Waals surface area contributed by atoms with E-state index in [1.807, 2.05) is 6.20 Å². The SMILES string of the molecule is OCCCC1CCN(c2ccc(Nc3ncc4c(n3)N(C3CCCC3)NC4)cc2)CC1. The highest BCUT2D eigenvalue weighted by Crippen LogP contribution is 2.32. The van der Waals surface area contributed by atoms with Gasteiger partial charge in [-0.05, 0) is 68.7 Å². The summed E-state index contributed by atoms with van der Waals surface area (Å²) in [5, 5.41) is 14.7. The average molecular weight is 423 g/mol. The van der Waals surface area contributed by atoms with Crippen molar-refractivity contribution in [2.24, 2.45) is 5.92 Å². The fourth-order valence-electron chi connectivity index (χ4n) is 5.25. The standard InChI is InChI=1S/C24H34N6O/c31-15-3-4-18-11-13-29(14-12-18)21-9-7-20(8-10-21)27-24-25-16-19-17-26-30(23(19)28-24)22-5-1-2-6-22/h7-10,16,18,22,26,31H,1-6,11-15,17H2,(H,25,27,28). The summed E-state index contributed by atoms with van der Waals surface area (Å²) in [6.45, 7) is 3.33. The van der Waals surface area contributed by atoms with Crippen LogP contribution in [0.4, 0.5) is 23.1 Å². The zero-order valence-electron chi connectivity index (χ0n) is 18.3. The molecule has 2 fully saturated rings. The van der Waals surface area contributed by atoms with Gasteiger partial charge in [-0.1, -0.05) is 12.8 Å². The van der Waals surface area contributed by atoms with Gasteiger partial charge >= 0.3 is 0 Å². The number of benzene rings is 1. The number of aliphatic hydroxyl groups is 1. The van der Waals surface area contributed by atoms with Gasteiger partial charge in [0.25, 0.3) is 0 Å². The van der Waals surface area contributed by atoms with Gasteiger partial charge in [0.2, 0.25) is 5.95 Å². The summed E-state index contributed by atoms with van der Waals surface area (Å²) in [6, 6.07) is 9.18. The number of anilines is 4. The number of aliphatic hydroxyl groups excluding tert-OH is 1. The second-order valence-electron chi connectivity index (χ2n) is 9.15. The summed E-state index contributed by atoms with van der Waals surface area (Å²) in [6.07, 6.45) is 11.6. The molecule has 166 valence electrons. The first-order valence-corrected chi connectivity index (χ1v) is 11.9. The molecule has 5 rings (SSSR count). The second-order valence-corrected chi connectivity index (χ2v) is 9.15. The molecule has 1 saturated carbocycles. The van der Waals surface area contributed by atoms with Gasteiger partial charge in [0.1, 0.15) is 0 Å². The first kappa shape index (κ1) is 20.5. The Kier molecular flexibility index (Phi) is 6.22. The number of hydrogen-bond acceptors (Lipinski definition) is 7. The third kappa shape index (κ3) is 4.62. The molecular formula is C24H34N6O. The van der Waals surface area contributed by atoms with Crippen molar-refractivity contribution in [1.29, 1.82) is 0 Å². The van der Waals surface area contributed by atoms with Crippen LogP contribution >= 0.6 is 0 Å². The van der Waals surface area contributed by atoms with Gasteiger partial charge in [-0.15, -0.1) is 0 Å². The number of nitrogens with zero attached hydrogens (tertiary/aromatic N) is 4. The fourth-order valence-corrected chi connectivity index (χ4v) is 5.25. The summed E-state index contributed by atoms with van der Waals surface area (Å²) < 4.78 is 0. The van der Waals surface area contributed by atoms with Gasteiger partial charge < -0.3 is 15.3 Å². The summed E-state index contributed by atoms with van der Waals surface area (Å²) in [5.41, 5.74) is 6.96. The normalized spacial score (nSPS) is 19.8. The maximum absolute atomic E-state index is 9.04. The topological polar surface area (TPSA) is 76.5 Å². The van der Waals surface area contributed by atoms with Gasteiger partial charge in [0, 0.05) is 55.4 Å². The molecule has 2 aromatic rings. The second kappa shape index (κ2) is 9.40. The first-order valence-electron chi connectivity index (χ1n) is 11.9.